The Balaban J connectivity index is 3.03. The number of phenols is 1. The van der Waals surface area contributed by atoms with Gasteiger partial charge in [0.1, 0.15) is 6.04 Å². The number of nitrogens with two attached hydrogens (primary N) is 1. The van der Waals surface area contributed by atoms with Crippen LogP contribution in [0.2, 0.25) is 0 Å². The van der Waals surface area contributed by atoms with E-state index < -0.39 is 12.2 Å². The van der Waals surface area contributed by atoms with Crippen molar-refractivity contribution in [1.29, 1.82) is 0 Å². The molecule has 16 heavy (non-hydrogen) atoms. The molecule has 0 heterocycles. The predicted octanol–water partition coefficient (Wildman–Crippen LogP) is 2.35. The SMILES string of the molecule is CCOc1cc(C(N)C(F)(F)F)ccc1O. The van der Waals surface area contributed by atoms with Gasteiger partial charge in [0.2, 0.25) is 0 Å². The lowest BCUT2D eigenvalue weighted by molar-refractivity contribution is -0.149. The van der Waals surface area contributed by atoms with Crippen LogP contribution in [0.5, 0.6) is 11.5 Å². The molecule has 1 rings (SSSR count). The zero-order valence-electron chi connectivity index (χ0n) is 8.58. The Hall–Kier alpha value is -1.43. The Morgan fingerprint density at radius 1 is 1.44 bits per heavy atom. The molecule has 6 heteroatoms. The highest BCUT2D eigenvalue weighted by atomic mass is 19.4. The molecule has 90 valence electrons. The van der Waals surface area contributed by atoms with Gasteiger partial charge in [0.05, 0.1) is 6.61 Å². The van der Waals surface area contributed by atoms with Gasteiger partial charge in [-0.3, -0.25) is 0 Å². The molecule has 0 bridgehead atoms. The lowest BCUT2D eigenvalue weighted by Gasteiger charge is -2.17. The summed E-state index contributed by atoms with van der Waals surface area (Å²) in [5.74, 6) is -0.209. The van der Waals surface area contributed by atoms with E-state index in [0.717, 1.165) is 18.2 Å². The largest absolute Gasteiger partial charge is 0.504 e. The second-order valence-corrected chi connectivity index (χ2v) is 3.18. The van der Waals surface area contributed by atoms with Crippen LogP contribution in [-0.2, 0) is 0 Å². The van der Waals surface area contributed by atoms with Crippen molar-refractivity contribution in [1.82, 2.24) is 0 Å². The van der Waals surface area contributed by atoms with Gasteiger partial charge in [0.15, 0.2) is 11.5 Å². The van der Waals surface area contributed by atoms with Gasteiger partial charge in [0.25, 0.3) is 0 Å². The number of phenolic OH excluding ortho intramolecular Hbond substituents is 1. The quantitative estimate of drug-likeness (QED) is 0.845. The van der Waals surface area contributed by atoms with E-state index in [4.69, 9.17) is 10.5 Å². The maximum absolute atomic E-state index is 12.3. The van der Waals surface area contributed by atoms with Gasteiger partial charge in [-0.15, -0.1) is 0 Å². The van der Waals surface area contributed by atoms with Crippen molar-refractivity contribution in [2.24, 2.45) is 5.73 Å². The molecular weight excluding hydrogens is 223 g/mol. The fraction of sp³-hybridized carbons (Fsp3) is 0.400. The minimum atomic E-state index is -4.51. The second-order valence-electron chi connectivity index (χ2n) is 3.18. The standard InChI is InChI=1S/C10H12F3NO2/c1-2-16-8-5-6(3-4-7(8)15)9(14)10(11,12)13/h3-5,9,15H,2,14H2,1H3. The molecule has 3 N–H and O–H groups in total. The molecule has 0 radical (unpaired) electrons. The summed E-state index contributed by atoms with van der Waals surface area (Å²) in [6.45, 7) is 1.91. The molecule has 0 amide bonds. The van der Waals surface area contributed by atoms with Crippen molar-refractivity contribution in [3.63, 3.8) is 0 Å². The molecule has 0 spiro atoms. The van der Waals surface area contributed by atoms with Crippen LogP contribution < -0.4 is 10.5 Å². The Kier molecular flexibility index (Phi) is 3.64. The maximum Gasteiger partial charge on any atom is 0.407 e. The highest BCUT2D eigenvalue weighted by Crippen LogP contribution is 2.35. The zero-order chi connectivity index (χ0) is 12.3. The summed E-state index contributed by atoms with van der Waals surface area (Å²) in [4.78, 5) is 0. The molecule has 3 nitrogen and oxygen atoms in total. The normalized spacial score (nSPS) is 13.6. The Labute approximate surface area is 90.6 Å². The fourth-order valence-corrected chi connectivity index (χ4v) is 1.18. The van der Waals surface area contributed by atoms with Crippen LogP contribution in [-0.4, -0.2) is 17.9 Å². The smallest absolute Gasteiger partial charge is 0.407 e. The van der Waals surface area contributed by atoms with Crippen LogP contribution in [0, 0.1) is 0 Å². The van der Waals surface area contributed by atoms with E-state index in [-0.39, 0.29) is 23.7 Å². The molecule has 0 aliphatic heterocycles. The van der Waals surface area contributed by atoms with Crippen LogP contribution in [0.4, 0.5) is 13.2 Å². The van der Waals surface area contributed by atoms with Crippen LogP contribution in [0.15, 0.2) is 18.2 Å². The van der Waals surface area contributed by atoms with Gasteiger partial charge >= 0.3 is 6.18 Å². The Bertz CT molecular complexity index is 366. The lowest BCUT2D eigenvalue weighted by Crippen LogP contribution is -2.28. The topological polar surface area (TPSA) is 55.5 Å². The third-order valence-corrected chi connectivity index (χ3v) is 2.00. The van der Waals surface area contributed by atoms with Crippen molar-refractivity contribution >= 4 is 0 Å². The van der Waals surface area contributed by atoms with Crippen LogP contribution in [0.25, 0.3) is 0 Å². The van der Waals surface area contributed by atoms with Crippen molar-refractivity contribution in [3.05, 3.63) is 23.8 Å². The molecule has 1 unspecified atom stereocenters. The summed E-state index contributed by atoms with van der Waals surface area (Å²) in [6.07, 6.45) is -4.51. The van der Waals surface area contributed by atoms with Gasteiger partial charge in [0, 0.05) is 0 Å². The molecule has 0 aliphatic carbocycles. The fourth-order valence-electron chi connectivity index (χ4n) is 1.18. The van der Waals surface area contributed by atoms with Crippen molar-refractivity contribution in [3.8, 4) is 11.5 Å². The number of hydrogen-bond acceptors (Lipinski definition) is 3. The van der Waals surface area contributed by atoms with Crippen LogP contribution in [0.3, 0.4) is 0 Å². The number of aromatic hydroxyl groups is 1. The Morgan fingerprint density at radius 3 is 2.56 bits per heavy atom. The summed E-state index contributed by atoms with van der Waals surface area (Å²) in [6, 6.07) is 1.27. The van der Waals surface area contributed by atoms with Gasteiger partial charge in [-0.2, -0.15) is 13.2 Å². The average Bonchev–Trinajstić information content (AvgIpc) is 2.19. The maximum atomic E-state index is 12.3. The summed E-state index contributed by atoms with van der Waals surface area (Å²) < 4.78 is 41.9. The highest BCUT2D eigenvalue weighted by Gasteiger charge is 2.38. The van der Waals surface area contributed by atoms with E-state index >= 15 is 0 Å². The Morgan fingerprint density at radius 2 is 2.06 bits per heavy atom. The minimum Gasteiger partial charge on any atom is -0.504 e. The molecule has 0 fully saturated rings. The first-order chi connectivity index (χ1) is 7.36. The molecule has 0 saturated carbocycles. The van der Waals surface area contributed by atoms with E-state index in [9.17, 15) is 18.3 Å². The molecule has 1 aromatic carbocycles. The third-order valence-electron chi connectivity index (χ3n) is 2.00. The number of halogens is 3. The summed E-state index contributed by atoms with van der Waals surface area (Å²) >= 11 is 0. The summed E-state index contributed by atoms with van der Waals surface area (Å²) in [5.41, 5.74) is 4.88. The molecule has 1 atom stereocenters. The van der Waals surface area contributed by atoms with Gasteiger partial charge < -0.3 is 15.6 Å². The van der Waals surface area contributed by atoms with E-state index in [1.54, 1.807) is 6.92 Å². The van der Waals surface area contributed by atoms with Crippen LogP contribution >= 0.6 is 0 Å². The molecule has 0 aliphatic rings. The highest BCUT2D eigenvalue weighted by molar-refractivity contribution is 5.43. The zero-order valence-corrected chi connectivity index (χ0v) is 8.58. The average molecular weight is 235 g/mol. The second kappa shape index (κ2) is 4.61. The third kappa shape index (κ3) is 2.79. The lowest BCUT2D eigenvalue weighted by atomic mass is 10.1. The molecule has 0 aromatic heterocycles. The number of hydrogen-bond donors (Lipinski definition) is 2. The monoisotopic (exact) mass is 235 g/mol. The van der Waals surface area contributed by atoms with Crippen molar-refractivity contribution in [2.75, 3.05) is 6.61 Å². The summed E-state index contributed by atoms with van der Waals surface area (Å²) in [7, 11) is 0. The number of rotatable bonds is 3. The van der Waals surface area contributed by atoms with E-state index in [1.807, 2.05) is 0 Å². The first kappa shape index (κ1) is 12.6. The first-order valence-electron chi connectivity index (χ1n) is 4.64. The van der Waals surface area contributed by atoms with E-state index in [2.05, 4.69) is 0 Å². The predicted molar refractivity (Wildman–Crippen MR) is 52.3 cm³/mol. The van der Waals surface area contributed by atoms with Crippen LogP contribution in [0.1, 0.15) is 18.5 Å². The first-order valence-corrected chi connectivity index (χ1v) is 4.64. The number of alkyl halides is 3. The van der Waals surface area contributed by atoms with Crippen molar-refractivity contribution < 1.29 is 23.0 Å². The van der Waals surface area contributed by atoms with Gasteiger partial charge in [-0.1, -0.05) is 6.07 Å². The molecule has 0 saturated heterocycles. The number of benzene rings is 1. The molecule has 1 aromatic rings. The molecular formula is C10H12F3NO2. The van der Waals surface area contributed by atoms with E-state index in [0.29, 0.717) is 0 Å². The van der Waals surface area contributed by atoms with Gasteiger partial charge in [-0.05, 0) is 24.6 Å². The van der Waals surface area contributed by atoms with Crippen molar-refractivity contribution in [2.45, 2.75) is 19.1 Å². The van der Waals surface area contributed by atoms with Gasteiger partial charge in [-0.25, -0.2) is 0 Å². The minimum absolute atomic E-state index is 0.000278. The number of ether oxygens (including phenoxy) is 1. The summed E-state index contributed by atoms with van der Waals surface area (Å²) in [5, 5.41) is 9.30. The van der Waals surface area contributed by atoms with E-state index in [1.165, 1.54) is 0 Å².